The third kappa shape index (κ3) is 6.42. The summed E-state index contributed by atoms with van der Waals surface area (Å²) in [4.78, 5) is 16.4. The van der Waals surface area contributed by atoms with Crippen molar-refractivity contribution in [3.63, 3.8) is 0 Å². The van der Waals surface area contributed by atoms with Gasteiger partial charge in [-0.2, -0.15) is 11.8 Å². The number of pyridine rings is 1. The summed E-state index contributed by atoms with van der Waals surface area (Å²) in [6.45, 7) is 3.74. The monoisotopic (exact) mass is 329 g/mol. The van der Waals surface area contributed by atoms with Gasteiger partial charge in [0.15, 0.2) is 0 Å². The zero-order chi connectivity index (χ0) is 16.3. The van der Waals surface area contributed by atoms with Crippen LogP contribution in [0.4, 0.5) is 5.69 Å². The van der Waals surface area contributed by atoms with E-state index >= 15 is 0 Å². The lowest BCUT2D eigenvalue weighted by molar-refractivity contribution is -0.115. The van der Waals surface area contributed by atoms with Gasteiger partial charge in [0, 0.05) is 36.4 Å². The number of anilines is 1. The summed E-state index contributed by atoms with van der Waals surface area (Å²) < 4.78 is 0. The van der Waals surface area contributed by atoms with Gasteiger partial charge in [0.05, 0.1) is 5.69 Å². The first kappa shape index (κ1) is 17.5. The number of hydrogen-bond acceptors (Lipinski definition) is 4. The van der Waals surface area contributed by atoms with Gasteiger partial charge < -0.3 is 10.6 Å². The fourth-order valence-electron chi connectivity index (χ4n) is 2.09. The predicted molar refractivity (Wildman–Crippen MR) is 97.5 cm³/mol. The molecule has 2 N–H and O–H groups in total. The Kier molecular flexibility index (Phi) is 7.63. The number of rotatable bonds is 9. The molecule has 2 aromatic rings. The second kappa shape index (κ2) is 10.0. The van der Waals surface area contributed by atoms with Crippen LogP contribution in [0.3, 0.4) is 0 Å². The molecule has 0 spiro atoms. The minimum atomic E-state index is 0.0578. The van der Waals surface area contributed by atoms with Gasteiger partial charge in [-0.1, -0.05) is 31.2 Å². The Morgan fingerprint density at radius 1 is 1.17 bits per heavy atom. The van der Waals surface area contributed by atoms with E-state index in [2.05, 4.69) is 22.5 Å². The fourth-order valence-corrected chi connectivity index (χ4v) is 2.95. The Bertz CT molecular complexity index is 604. The molecule has 4 nitrogen and oxygen atoms in total. The molecular formula is C18H23N3OS. The minimum Gasteiger partial charge on any atom is -0.326 e. The normalized spacial score (nSPS) is 10.5. The molecule has 0 fully saturated rings. The molecule has 0 saturated heterocycles. The lowest BCUT2D eigenvalue weighted by Gasteiger charge is -2.11. The number of amides is 1. The van der Waals surface area contributed by atoms with Crippen molar-refractivity contribution in [2.75, 3.05) is 17.6 Å². The minimum absolute atomic E-state index is 0.0578. The van der Waals surface area contributed by atoms with Gasteiger partial charge in [0.1, 0.15) is 0 Å². The number of nitrogens with zero attached hydrogens (tertiary/aromatic N) is 1. The Morgan fingerprint density at radius 2 is 2.00 bits per heavy atom. The number of thioether (sulfide) groups is 1. The highest BCUT2D eigenvalue weighted by Crippen LogP contribution is 2.16. The van der Waals surface area contributed by atoms with Crippen LogP contribution in [-0.4, -0.2) is 23.2 Å². The van der Waals surface area contributed by atoms with Crippen LogP contribution >= 0.6 is 11.8 Å². The van der Waals surface area contributed by atoms with E-state index in [9.17, 15) is 4.79 Å². The lowest BCUT2D eigenvalue weighted by atomic mass is 10.1. The number of carbonyl (C=O) groups is 1. The number of carbonyl (C=O) groups excluding carboxylic acids is 1. The molecule has 1 amide bonds. The molecule has 0 aliphatic carbocycles. The molecule has 23 heavy (non-hydrogen) atoms. The van der Waals surface area contributed by atoms with E-state index in [1.807, 2.05) is 42.5 Å². The SMILES string of the molecule is CCNCc1ccccc1NC(=O)CCSCc1ccccn1. The highest BCUT2D eigenvalue weighted by molar-refractivity contribution is 7.98. The van der Waals surface area contributed by atoms with Gasteiger partial charge in [0.2, 0.25) is 5.91 Å². The Morgan fingerprint density at radius 3 is 2.78 bits per heavy atom. The average Bonchev–Trinajstić information content (AvgIpc) is 2.59. The van der Waals surface area contributed by atoms with Crippen molar-refractivity contribution in [1.82, 2.24) is 10.3 Å². The van der Waals surface area contributed by atoms with E-state index in [1.54, 1.807) is 18.0 Å². The molecule has 2 rings (SSSR count). The largest absolute Gasteiger partial charge is 0.326 e. The first-order chi connectivity index (χ1) is 11.3. The van der Waals surface area contributed by atoms with Crippen LogP contribution in [0.15, 0.2) is 48.7 Å². The van der Waals surface area contributed by atoms with E-state index in [0.29, 0.717) is 6.42 Å². The molecule has 0 radical (unpaired) electrons. The highest BCUT2D eigenvalue weighted by atomic mass is 32.2. The van der Waals surface area contributed by atoms with E-state index in [1.165, 1.54) is 0 Å². The lowest BCUT2D eigenvalue weighted by Crippen LogP contribution is -2.17. The number of para-hydroxylation sites is 1. The third-order valence-electron chi connectivity index (χ3n) is 3.31. The predicted octanol–water partition coefficient (Wildman–Crippen LogP) is 3.45. The number of benzene rings is 1. The fraction of sp³-hybridized carbons (Fsp3) is 0.333. The molecular weight excluding hydrogens is 306 g/mol. The quantitative estimate of drug-likeness (QED) is 0.692. The zero-order valence-electron chi connectivity index (χ0n) is 13.4. The Balaban J connectivity index is 1.74. The highest BCUT2D eigenvalue weighted by Gasteiger charge is 2.06. The molecule has 1 aromatic heterocycles. The van der Waals surface area contributed by atoms with E-state index in [4.69, 9.17) is 0 Å². The maximum absolute atomic E-state index is 12.1. The summed E-state index contributed by atoms with van der Waals surface area (Å²) in [5.41, 5.74) is 3.06. The van der Waals surface area contributed by atoms with Crippen LogP contribution in [0, 0.1) is 0 Å². The van der Waals surface area contributed by atoms with Gasteiger partial charge in [-0.25, -0.2) is 0 Å². The second-order valence-electron chi connectivity index (χ2n) is 5.11. The molecule has 0 saturated carbocycles. The van der Waals surface area contributed by atoms with E-state index in [-0.39, 0.29) is 5.91 Å². The van der Waals surface area contributed by atoms with Crippen LogP contribution in [-0.2, 0) is 17.1 Å². The van der Waals surface area contributed by atoms with Crippen LogP contribution in [0.25, 0.3) is 0 Å². The molecule has 0 aliphatic rings. The number of aromatic nitrogens is 1. The average molecular weight is 329 g/mol. The first-order valence-corrected chi connectivity index (χ1v) is 9.01. The van der Waals surface area contributed by atoms with Crippen LogP contribution in [0.5, 0.6) is 0 Å². The van der Waals surface area contributed by atoms with Crippen molar-refractivity contribution < 1.29 is 4.79 Å². The molecule has 122 valence electrons. The van der Waals surface area contributed by atoms with Gasteiger partial charge in [0.25, 0.3) is 0 Å². The third-order valence-corrected chi connectivity index (χ3v) is 4.30. The molecule has 1 heterocycles. The maximum atomic E-state index is 12.1. The molecule has 0 bridgehead atoms. The number of hydrogen-bond donors (Lipinski definition) is 2. The molecule has 0 unspecified atom stereocenters. The summed E-state index contributed by atoms with van der Waals surface area (Å²) in [7, 11) is 0. The standard InChI is InChI=1S/C18H23N3OS/c1-2-19-13-15-7-3-4-9-17(15)21-18(22)10-12-23-14-16-8-5-6-11-20-16/h3-9,11,19H,2,10,12-14H2,1H3,(H,21,22). The van der Waals surface area contributed by atoms with Crippen molar-refractivity contribution >= 4 is 23.4 Å². The van der Waals surface area contributed by atoms with Crippen LogP contribution in [0.1, 0.15) is 24.6 Å². The van der Waals surface area contributed by atoms with Crippen molar-refractivity contribution in [1.29, 1.82) is 0 Å². The van der Waals surface area contributed by atoms with Crippen molar-refractivity contribution in [2.24, 2.45) is 0 Å². The summed E-state index contributed by atoms with van der Waals surface area (Å²) in [5.74, 6) is 1.69. The van der Waals surface area contributed by atoms with Crippen molar-refractivity contribution in [2.45, 2.75) is 25.6 Å². The zero-order valence-corrected chi connectivity index (χ0v) is 14.2. The summed E-state index contributed by atoms with van der Waals surface area (Å²) >= 11 is 1.73. The Labute approximate surface area is 142 Å². The van der Waals surface area contributed by atoms with E-state index < -0.39 is 0 Å². The summed E-state index contributed by atoms with van der Waals surface area (Å²) in [6.07, 6.45) is 2.30. The molecule has 5 heteroatoms. The van der Waals surface area contributed by atoms with Crippen molar-refractivity contribution in [3.05, 3.63) is 59.9 Å². The van der Waals surface area contributed by atoms with Gasteiger partial charge in [-0.05, 0) is 30.3 Å². The van der Waals surface area contributed by atoms with E-state index in [0.717, 1.165) is 41.5 Å². The maximum Gasteiger partial charge on any atom is 0.225 e. The molecule has 0 atom stereocenters. The van der Waals surface area contributed by atoms with Gasteiger partial charge >= 0.3 is 0 Å². The van der Waals surface area contributed by atoms with Gasteiger partial charge in [-0.15, -0.1) is 0 Å². The summed E-state index contributed by atoms with van der Waals surface area (Å²) in [6, 6.07) is 13.8. The second-order valence-corrected chi connectivity index (χ2v) is 6.21. The number of nitrogens with one attached hydrogen (secondary N) is 2. The smallest absolute Gasteiger partial charge is 0.225 e. The first-order valence-electron chi connectivity index (χ1n) is 7.85. The molecule has 1 aromatic carbocycles. The summed E-state index contributed by atoms with van der Waals surface area (Å²) in [5, 5.41) is 6.30. The topological polar surface area (TPSA) is 54.0 Å². The Hall–Kier alpha value is -1.85. The van der Waals surface area contributed by atoms with Crippen LogP contribution < -0.4 is 10.6 Å². The van der Waals surface area contributed by atoms with Crippen LogP contribution in [0.2, 0.25) is 0 Å². The van der Waals surface area contributed by atoms with Crippen molar-refractivity contribution in [3.8, 4) is 0 Å². The van der Waals surface area contributed by atoms with Gasteiger partial charge in [-0.3, -0.25) is 9.78 Å². The molecule has 0 aliphatic heterocycles.